The predicted octanol–water partition coefficient (Wildman–Crippen LogP) is 3.36. The monoisotopic (exact) mass is 335 g/mol. The molecule has 0 bridgehead atoms. The van der Waals surface area contributed by atoms with Crippen LogP contribution >= 0.6 is 12.2 Å². The van der Waals surface area contributed by atoms with E-state index in [1.165, 1.54) is 10.1 Å². The lowest BCUT2D eigenvalue weighted by atomic mass is 10.1. The van der Waals surface area contributed by atoms with Crippen LogP contribution in [0.1, 0.15) is 0 Å². The number of methoxy groups -OCH3 is 1. The number of hydrogen-bond acceptors (Lipinski definition) is 4. The highest BCUT2D eigenvalue weighted by atomic mass is 32.1. The number of benzene rings is 2. The molecule has 118 valence electrons. The number of rotatable bonds is 3. The Morgan fingerprint density at radius 1 is 1.21 bits per heavy atom. The van der Waals surface area contributed by atoms with Crippen molar-refractivity contribution in [2.24, 2.45) is 0 Å². The smallest absolute Gasteiger partial charge is 0.266 e. The zero-order chi connectivity index (χ0) is 16.7. The van der Waals surface area contributed by atoms with Gasteiger partial charge in [-0.3, -0.25) is 9.36 Å². The summed E-state index contributed by atoms with van der Waals surface area (Å²) in [6.07, 6.45) is 0. The van der Waals surface area contributed by atoms with Crippen LogP contribution in [0.5, 0.6) is 5.75 Å². The van der Waals surface area contributed by atoms with Crippen LogP contribution in [0.3, 0.4) is 0 Å². The highest BCUT2D eigenvalue weighted by molar-refractivity contribution is 7.78. The van der Waals surface area contributed by atoms with Crippen LogP contribution in [-0.4, -0.2) is 27.1 Å². The first-order valence-electron chi connectivity index (χ1n) is 7.35. The molecular weight excluding hydrogens is 322 g/mol. The number of nitrogens with zero attached hydrogens (tertiary/aromatic N) is 2. The maximum atomic E-state index is 12.8. The molecule has 2 aromatic carbocycles. The van der Waals surface area contributed by atoms with Crippen LogP contribution in [0.2, 0.25) is 0 Å². The van der Waals surface area contributed by atoms with Crippen LogP contribution in [0.25, 0.3) is 33.3 Å². The Hall–Kier alpha value is -2.99. The number of hydrogen-bond donors (Lipinski definition) is 1. The Balaban J connectivity index is 2.01. The summed E-state index contributed by atoms with van der Waals surface area (Å²) >= 11 is 5.03. The second kappa shape index (κ2) is 5.58. The van der Waals surface area contributed by atoms with Gasteiger partial charge in [0.15, 0.2) is 0 Å². The van der Waals surface area contributed by atoms with E-state index in [9.17, 15) is 4.79 Å². The van der Waals surface area contributed by atoms with Gasteiger partial charge in [0.2, 0.25) is 0 Å². The average Bonchev–Trinajstić information content (AvgIpc) is 3.04. The number of aromatic amines is 1. The van der Waals surface area contributed by atoms with Gasteiger partial charge in [0.25, 0.3) is 5.56 Å². The second-order valence-corrected chi connectivity index (χ2v) is 5.58. The van der Waals surface area contributed by atoms with Crippen molar-refractivity contribution >= 4 is 39.6 Å². The molecule has 0 fully saturated rings. The number of imidazole rings is 1. The Labute approximate surface area is 142 Å². The summed E-state index contributed by atoms with van der Waals surface area (Å²) in [7, 11) is 1.61. The Morgan fingerprint density at radius 3 is 2.83 bits per heavy atom. The van der Waals surface area contributed by atoms with Crippen molar-refractivity contribution in [2.45, 2.75) is 0 Å². The summed E-state index contributed by atoms with van der Waals surface area (Å²) in [6.45, 7) is 0. The van der Waals surface area contributed by atoms with Crippen LogP contribution in [0.4, 0.5) is 0 Å². The predicted molar refractivity (Wildman–Crippen MR) is 98.9 cm³/mol. The van der Waals surface area contributed by atoms with Crippen molar-refractivity contribution < 1.29 is 4.74 Å². The summed E-state index contributed by atoms with van der Waals surface area (Å²) in [5.74, 6) is 1.23. The highest BCUT2D eigenvalue weighted by Crippen LogP contribution is 2.24. The second-order valence-electron chi connectivity index (χ2n) is 5.37. The first-order valence-corrected chi connectivity index (χ1v) is 7.82. The minimum atomic E-state index is -0.199. The fourth-order valence-corrected chi connectivity index (χ4v) is 3.01. The number of para-hydroxylation sites is 1. The van der Waals surface area contributed by atoms with Crippen LogP contribution in [0.15, 0.2) is 53.3 Å². The zero-order valence-corrected chi connectivity index (χ0v) is 13.6. The van der Waals surface area contributed by atoms with E-state index in [4.69, 9.17) is 17.0 Å². The number of aromatic nitrogens is 3. The molecule has 4 rings (SSSR count). The van der Waals surface area contributed by atoms with Crippen molar-refractivity contribution in [1.82, 2.24) is 14.5 Å². The van der Waals surface area contributed by atoms with Crippen molar-refractivity contribution in [3.05, 3.63) is 58.9 Å². The first kappa shape index (κ1) is 14.6. The van der Waals surface area contributed by atoms with Gasteiger partial charge in [-0.15, -0.1) is 0 Å². The third-order valence-electron chi connectivity index (χ3n) is 4.00. The van der Waals surface area contributed by atoms with Crippen LogP contribution in [0, 0.1) is 0 Å². The number of fused-ring (bicyclic) bond motifs is 2. The van der Waals surface area contributed by atoms with Gasteiger partial charge in [0.1, 0.15) is 11.6 Å². The number of nitrogens with one attached hydrogen (secondary N) is 1. The van der Waals surface area contributed by atoms with Gasteiger partial charge in [-0.25, -0.2) is 4.98 Å². The standard InChI is InChI=1S/C18H13N3O2S/c1-23-12-6-7-14-15(9-12)20-17(19-14)13-8-11-4-2-3-5-16(11)21(10-24)18(13)22/h2-10H,1H3,(H,19,20). The van der Waals surface area contributed by atoms with E-state index >= 15 is 0 Å². The molecule has 0 atom stereocenters. The van der Waals surface area contributed by atoms with E-state index in [0.717, 1.165) is 27.7 Å². The normalized spacial score (nSPS) is 11.0. The molecule has 4 aromatic rings. The molecule has 6 heteroatoms. The van der Waals surface area contributed by atoms with E-state index < -0.39 is 0 Å². The van der Waals surface area contributed by atoms with Crippen molar-refractivity contribution in [3.63, 3.8) is 0 Å². The fourth-order valence-electron chi connectivity index (χ4n) is 2.80. The van der Waals surface area contributed by atoms with Gasteiger partial charge < -0.3 is 9.72 Å². The molecular formula is C18H13N3O2S. The quantitative estimate of drug-likeness (QED) is 0.583. The SMILES string of the molecule is COc1ccc2[nH]c(-c3cc4ccccc4n(C=S)c3=O)nc2c1. The highest BCUT2D eigenvalue weighted by Gasteiger charge is 2.13. The molecule has 0 saturated carbocycles. The minimum absolute atomic E-state index is 0.199. The molecule has 5 nitrogen and oxygen atoms in total. The van der Waals surface area contributed by atoms with Gasteiger partial charge in [0, 0.05) is 6.07 Å². The molecule has 1 N–H and O–H groups in total. The molecule has 0 aliphatic carbocycles. The molecule has 0 radical (unpaired) electrons. The molecule has 0 aliphatic rings. The van der Waals surface area contributed by atoms with Gasteiger partial charge in [-0.2, -0.15) is 0 Å². The maximum Gasteiger partial charge on any atom is 0.266 e. The molecule has 0 spiro atoms. The van der Waals surface area contributed by atoms with E-state index in [1.807, 2.05) is 48.5 Å². The van der Waals surface area contributed by atoms with Gasteiger partial charge in [-0.1, -0.05) is 30.4 Å². The Kier molecular flexibility index (Phi) is 3.39. The van der Waals surface area contributed by atoms with Crippen LogP contribution < -0.4 is 10.3 Å². The van der Waals surface area contributed by atoms with Gasteiger partial charge in [-0.05, 0) is 29.7 Å². The molecule has 0 unspecified atom stereocenters. The summed E-state index contributed by atoms with van der Waals surface area (Å²) in [6, 6.07) is 15.0. The van der Waals surface area contributed by atoms with Crippen molar-refractivity contribution in [3.8, 4) is 17.1 Å². The van der Waals surface area contributed by atoms with E-state index in [1.54, 1.807) is 7.11 Å². The Bertz CT molecular complexity index is 1140. The largest absolute Gasteiger partial charge is 0.497 e. The van der Waals surface area contributed by atoms with E-state index in [-0.39, 0.29) is 5.56 Å². The van der Waals surface area contributed by atoms with Crippen LogP contribution in [-0.2, 0) is 0 Å². The van der Waals surface area contributed by atoms with E-state index in [2.05, 4.69) is 9.97 Å². The number of H-pyrrole nitrogens is 1. The third kappa shape index (κ3) is 2.19. The fraction of sp³-hybridized carbons (Fsp3) is 0.0556. The zero-order valence-electron chi connectivity index (χ0n) is 12.8. The lowest BCUT2D eigenvalue weighted by Gasteiger charge is -2.06. The molecule has 0 aliphatic heterocycles. The number of pyridine rings is 1. The summed E-state index contributed by atoms with van der Waals surface area (Å²) in [4.78, 5) is 20.5. The van der Waals surface area contributed by atoms with Crippen molar-refractivity contribution in [2.75, 3.05) is 7.11 Å². The van der Waals surface area contributed by atoms with Gasteiger partial charge in [0.05, 0.1) is 34.7 Å². The average molecular weight is 335 g/mol. The molecule has 24 heavy (non-hydrogen) atoms. The molecule has 2 heterocycles. The summed E-state index contributed by atoms with van der Waals surface area (Å²) < 4.78 is 6.68. The summed E-state index contributed by atoms with van der Waals surface area (Å²) in [5.41, 5.74) is 4.00. The topological polar surface area (TPSA) is 59.9 Å². The third-order valence-corrected chi connectivity index (χ3v) is 4.21. The van der Waals surface area contributed by atoms with Crippen molar-refractivity contribution in [1.29, 1.82) is 0 Å². The molecule has 2 aromatic heterocycles. The lowest BCUT2D eigenvalue weighted by molar-refractivity contribution is 0.415. The minimum Gasteiger partial charge on any atom is -0.497 e. The molecule has 0 amide bonds. The lowest BCUT2D eigenvalue weighted by Crippen LogP contribution is -2.21. The number of ether oxygens (including phenoxy) is 1. The maximum absolute atomic E-state index is 12.8. The van der Waals surface area contributed by atoms with Gasteiger partial charge >= 0.3 is 0 Å². The Morgan fingerprint density at radius 2 is 2.04 bits per heavy atom. The summed E-state index contributed by atoms with van der Waals surface area (Å²) in [5, 5.41) is 0.922. The molecule has 0 saturated heterocycles. The first-order chi connectivity index (χ1) is 11.7. The number of thiocarbonyl (C=S) groups is 1. The van der Waals surface area contributed by atoms with E-state index in [0.29, 0.717) is 11.4 Å².